The number of hydrogen-bond donors (Lipinski definition) is 0. The molecule has 0 saturated heterocycles. The minimum atomic E-state index is 0.0680. The topological polar surface area (TPSA) is 17.1 Å². The highest BCUT2D eigenvalue weighted by atomic mass is 125. The highest BCUT2D eigenvalue weighted by Crippen LogP contribution is 2.19. The van der Waals surface area contributed by atoms with Crippen molar-refractivity contribution in [1.82, 2.24) is 0 Å². The van der Waals surface area contributed by atoms with Gasteiger partial charge in [-0.25, -0.2) is 0 Å². The Hall–Kier alpha value is -0.940. The number of rotatable bonds is 3. The van der Waals surface area contributed by atoms with E-state index in [1.807, 2.05) is 49.4 Å². The molecule has 0 spiro atoms. The molecule has 0 aliphatic rings. The number of halogens is 1. The molecular formula is C14H11IOS. The first-order chi connectivity index (χ1) is 8.15. The van der Waals surface area contributed by atoms with Gasteiger partial charge in [0.1, 0.15) is 0 Å². The van der Waals surface area contributed by atoms with Crippen LogP contribution in [0.2, 0.25) is 0 Å². The lowest BCUT2D eigenvalue weighted by Crippen LogP contribution is -1.88. The minimum Gasteiger partial charge on any atom is -0.288 e. The molecule has 17 heavy (non-hydrogen) atoms. The van der Waals surface area contributed by atoms with Gasteiger partial charge in [-0.3, -0.25) is 4.79 Å². The fourth-order valence-corrected chi connectivity index (χ4v) is 2.92. The van der Waals surface area contributed by atoms with Crippen LogP contribution in [-0.4, -0.2) is 5.78 Å². The summed E-state index contributed by atoms with van der Waals surface area (Å²) in [6.45, 7) is 2.05. The SMILES string of the molecule is Cc1ccc(/C=C/C(=O)c2ccc([125I])s2)cc1. The average molecular weight is 352 g/mol. The molecule has 0 atom stereocenters. The normalized spacial score (nSPS) is 10.9. The molecule has 0 fully saturated rings. The van der Waals surface area contributed by atoms with E-state index < -0.39 is 0 Å². The van der Waals surface area contributed by atoms with E-state index in [2.05, 4.69) is 22.6 Å². The van der Waals surface area contributed by atoms with Gasteiger partial charge in [-0.1, -0.05) is 35.9 Å². The second-order valence-corrected chi connectivity index (χ2v) is 6.69. The Kier molecular flexibility index (Phi) is 4.12. The van der Waals surface area contributed by atoms with Gasteiger partial charge in [0.05, 0.1) is 7.76 Å². The quantitative estimate of drug-likeness (QED) is 0.450. The van der Waals surface area contributed by atoms with E-state index >= 15 is 0 Å². The van der Waals surface area contributed by atoms with Crippen LogP contribution in [0.15, 0.2) is 42.5 Å². The van der Waals surface area contributed by atoms with E-state index in [1.54, 1.807) is 6.08 Å². The summed E-state index contributed by atoms with van der Waals surface area (Å²) >= 11 is 3.74. The summed E-state index contributed by atoms with van der Waals surface area (Å²) < 4.78 is 1.13. The van der Waals surface area contributed by atoms with Gasteiger partial charge in [0.2, 0.25) is 0 Å². The van der Waals surface area contributed by atoms with Crippen molar-refractivity contribution in [2.75, 3.05) is 0 Å². The average Bonchev–Trinajstić information content (AvgIpc) is 2.75. The third-order valence-electron chi connectivity index (χ3n) is 2.32. The van der Waals surface area contributed by atoms with Gasteiger partial charge in [-0.2, -0.15) is 0 Å². The molecule has 86 valence electrons. The Bertz CT molecular complexity index is 552. The molecule has 1 aromatic carbocycles. The Labute approximate surface area is 118 Å². The van der Waals surface area contributed by atoms with Crippen LogP contribution < -0.4 is 0 Å². The molecule has 1 heterocycles. The molecule has 0 amide bonds. The molecule has 0 aliphatic carbocycles. The Morgan fingerprint density at radius 2 is 1.88 bits per heavy atom. The van der Waals surface area contributed by atoms with Gasteiger partial charge in [-0.15, -0.1) is 11.3 Å². The van der Waals surface area contributed by atoms with Crippen molar-refractivity contribution in [3.05, 3.63) is 61.4 Å². The number of hydrogen-bond acceptors (Lipinski definition) is 2. The van der Waals surface area contributed by atoms with Crippen LogP contribution in [-0.2, 0) is 0 Å². The number of carbonyl (C=O) groups excluding carboxylic acids is 1. The maximum atomic E-state index is 11.8. The van der Waals surface area contributed by atoms with Gasteiger partial charge in [0.15, 0.2) is 5.78 Å². The summed E-state index contributed by atoms with van der Waals surface area (Å²) in [7, 11) is 0. The number of benzene rings is 1. The molecule has 0 bridgehead atoms. The molecule has 3 heteroatoms. The summed E-state index contributed by atoms with van der Waals surface area (Å²) in [5, 5.41) is 0. The van der Waals surface area contributed by atoms with E-state index in [1.165, 1.54) is 16.9 Å². The standard InChI is InChI=1S/C14H11IOS/c1-10-2-4-11(5-3-10)6-7-12(16)13-8-9-14(15)17-13/h2-9H,1H3/b7-6+/i15-2. The number of ketones is 1. The smallest absolute Gasteiger partial charge is 0.195 e. The Morgan fingerprint density at radius 1 is 1.18 bits per heavy atom. The molecule has 0 aliphatic heterocycles. The van der Waals surface area contributed by atoms with Crippen LogP contribution in [0.5, 0.6) is 0 Å². The Balaban J connectivity index is 2.10. The first-order valence-electron chi connectivity index (χ1n) is 5.19. The van der Waals surface area contributed by atoms with E-state index in [9.17, 15) is 4.79 Å². The maximum absolute atomic E-state index is 11.8. The van der Waals surface area contributed by atoms with Gasteiger partial charge in [0.25, 0.3) is 0 Å². The molecule has 0 unspecified atom stereocenters. The monoisotopic (exact) mass is 352 g/mol. The zero-order valence-electron chi connectivity index (χ0n) is 9.31. The number of allylic oxidation sites excluding steroid dienone is 1. The van der Waals surface area contributed by atoms with E-state index in [0.29, 0.717) is 0 Å². The lowest BCUT2D eigenvalue weighted by atomic mass is 10.1. The van der Waals surface area contributed by atoms with Crippen LogP contribution in [0.1, 0.15) is 20.8 Å². The molecule has 0 N–H and O–H groups in total. The van der Waals surface area contributed by atoms with Crippen molar-refractivity contribution in [1.29, 1.82) is 0 Å². The molecule has 1 aromatic heterocycles. The second-order valence-electron chi connectivity index (χ2n) is 3.71. The van der Waals surface area contributed by atoms with Crippen LogP contribution >= 0.6 is 33.9 Å². The summed E-state index contributed by atoms with van der Waals surface area (Å²) in [5.74, 6) is 0.0680. The van der Waals surface area contributed by atoms with E-state index in [4.69, 9.17) is 0 Å². The Morgan fingerprint density at radius 3 is 2.47 bits per heavy atom. The van der Waals surface area contributed by atoms with Crippen molar-refractivity contribution >= 4 is 45.8 Å². The fraction of sp³-hybridized carbons (Fsp3) is 0.0714. The third-order valence-corrected chi connectivity index (χ3v) is 4.23. The fourth-order valence-electron chi connectivity index (χ4n) is 1.38. The van der Waals surface area contributed by atoms with E-state index in [0.717, 1.165) is 13.3 Å². The van der Waals surface area contributed by atoms with E-state index in [-0.39, 0.29) is 5.78 Å². The largest absolute Gasteiger partial charge is 0.288 e. The van der Waals surface area contributed by atoms with Gasteiger partial charge < -0.3 is 0 Å². The molecular weight excluding hydrogens is 341 g/mol. The predicted octanol–water partition coefficient (Wildman–Crippen LogP) is 4.56. The molecule has 2 aromatic rings. The summed E-state index contributed by atoms with van der Waals surface area (Å²) in [4.78, 5) is 12.6. The maximum Gasteiger partial charge on any atom is 0.195 e. The van der Waals surface area contributed by atoms with Crippen molar-refractivity contribution in [3.63, 3.8) is 0 Å². The zero-order valence-corrected chi connectivity index (χ0v) is 12.3. The summed E-state index contributed by atoms with van der Waals surface area (Å²) in [6, 6.07) is 11.9. The molecule has 0 saturated carbocycles. The van der Waals surface area contributed by atoms with Crippen LogP contribution in [0, 0.1) is 9.81 Å². The molecule has 0 radical (unpaired) electrons. The van der Waals surface area contributed by atoms with Crippen molar-refractivity contribution in [2.24, 2.45) is 0 Å². The molecule has 1 nitrogen and oxygen atoms in total. The third kappa shape index (κ3) is 3.51. The number of aryl methyl sites for hydroxylation is 1. The van der Waals surface area contributed by atoms with Crippen LogP contribution in [0.4, 0.5) is 0 Å². The second kappa shape index (κ2) is 5.60. The number of carbonyl (C=O) groups is 1. The zero-order chi connectivity index (χ0) is 12.3. The molecule has 2 rings (SSSR count). The van der Waals surface area contributed by atoms with Crippen molar-refractivity contribution < 1.29 is 4.79 Å². The van der Waals surface area contributed by atoms with Crippen LogP contribution in [0.3, 0.4) is 0 Å². The highest BCUT2D eigenvalue weighted by molar-refractivity contribution is 14.1. The predicted molar refractivity (Wildman–Crippen MR) is 81.6 cm³/mol. The van der Waals surface area contributed by atoms with Gasteiger partial charge in [-0.05, 0) is 53.3 Å². The lowest BCUT2D eigenvalue weighted by molar-refractivity contribution is 0.105. The van der Waals surface area contributed by atoms with Crippen LogP contribution in [0.25, 0.3) is 6.08 Å². The van der Waals surface area contributed by atoms with Gasteiger partial charge in [0, 0.05) is 0 Å². The van der Waals surface area contributed by atoms with Gasteiger partial charge >= 0.3 is 0 Å². The lowest BCUT2D eigenvalue weighted by Gasteiger charge is -1.94. The van der Waals surface area contributed by atoms with Crippen molar-refractivity contribution in [2.45, 2.75) is 6.92 Å². The summed E-state index contributed by atoms with van der Waals surface area (Å²) in [6.07, 6.45) is 3.49. The number of thiophene rings is 1. The minimum absolute atomic E-state index is 0.0680. The summed E-state index contributed by atoms with van der Waals surface area (Å²) in [5.41, 5.74) is 2.27. The highest BCUT2D eigenvalue weighted by Gasteiger charge is 2.04. The first kappa shape index (κ1) is 12.5. The first-order valence-corrected chi connectivity index (χ1v) is 7.09. The van der Waals surface area contributed by atoms with Crippen molar-refractivity contribution in [3.8, 4) is 0 Å².